The van der Waals surface area contributed by atoms with Crippen molar-refractivity contribution in [2.75, 3.05) is 31.1 Å². The number of imidazole rings is 1. The minimum Gasteiger partial charge on any atom is -0.485 e. The Balaban J connectivity index is 0.000000462. The SMILES string of the molecule is C1CN2CCC12.c1ccc(COc2cc3[nH]nc(-c4nc5ccc(N6CCCCC6)cc5[nH]4)c3cc2OCc2ccccc2)cc1. The van der Waals surface area contributed by atoms with Gasteiger partial charge in [0.15, 0.2) is 17.3 Å². The molecule has 3 saturated heterocycles. The molecule has 3 aliphatic rings. The van der Waals surface area contributed by atoms with Crippen LogP contribution in [0.2, 0.25) is 0 Å². The largest absolute Gasteiger partial charge is 0.485 e. The van der Waals surface area contributed by atoms with Gasteiger partial charge in [0.05, 0.1) is 16.6 Å². The van der Waals surface area contributed by atoms with Crippen LogP contribution in [0.15, 0.2) is 91.0 Å². The van der Waals surface area contributed by atoms with Gasteiger partial charge in [0.25, 0.3) is 0 Å². The van der Waals surface area contributed by atoms with E-state index in [2.05, 4.69) is 67.4 Å². The highest BCUT2D eigenvalue weighted by molar-refractivity contribution is 5.95. The number of nitrogens with one attached hydrogen (secondary N) is 2. The molecule has 2 N–H and O–H groups in total. The Kier molecular flexibility index (Phi) is 8.02. The summed E-state index contributed by atoms with van der Waals surface area (Å²) in [6, 6.07) is 31.8. The van der Waals surface area contributed by atoms with E-state index in [1.54, 1.807) is 0 Å². The normalized spacial score (nSPS) is 16.3. The van der Waals surface area contributed by atoms with E-state index in [-0.39, 0.29) is 0 Å². The second-order valence-corrected chi connectivity index (χ2v) is 12.6. The van der Waals surface area contributed by atoms with Crippen LogP contribution in [0.3, 0.4) is 0 Å². The summed E-state index contributed by atoms with van der Waals surface area (Å²) >= 11 is 0. The molecule has 4 aromatic carbocycles. The Morgan fingerprint density at radius 1 is 0.696 bits per heavy atom. The molecule has 46 heavy (non-hydrogen) atoms. The summed E-state index contributed by atoms with van der Waals surface area (Å²) in [6.45, 7) is 5.88. The van der Waals surface area contributed by atoms with Crippen molar-refractivity contribution in [3.05, 3.63) is 102 Å². The number of fused-ring (bicyclic) bond motifs is 3. The predicted molar refractivity (Wildman–Crippen MR) is 183 cm³/mol. The molecular weight excluding hydrogens is 572 g/mol. The smallest absolute Gasteiger partial charge is 0.163 e. The van der Waals surface area contributed by atoms with Crippen LogP contribution in [0.1, 0.15) is 43.2 Å². The van der Waals surface area contributed by atoms with Crippen molar-refractivity contribution in [2.45, 2.75) is 51.4 Å². The Hall–Kier alpha value is -4.82. The van der Waals surface area contributed by atoms with Gasteiger partial charge in [-0.05, 0) is 80.6 Å². The molecule has 3 fully saturated rings. The van der Waals surface area contributed by atoms with Crippen molar-refractivity contribution >= 4 is 27.6 Å². The molecule has 0 atom stereocenters. The zero-order valence-corrected chi connectivity index (χ0v) is 26.1. The third-order valence-corrected chi connectivity index (χ3v) is 9.53. The average molecular weight is 613 g/mol. The lowest BCUT2D eigenvalue weighted by atomic mass is 9.91. The molecule has 2 aromatic heterocycles. The quantitative estimate of drug-likeness (QED) is 0.183. The van der Waals surface area contributed by atoms with Gasteiger partial charge in [-0.2, -0.15) is 5.10 Å². The zero-order valence-electron chi connectivity index (χ0n) is 26.1. The minimum atomic E-state index is 0.436. The molecule has 0 saturated carbocycles. The Morgan fingerprint density at radius 2 is 1.35 bits per heavy atom. The maximum absolute atomic E-state index is 6.32. The fourth-order valence-electron chi connectivity index (χ4n) is 6.60. The van der Waals surface area contributed by atoms with Crippen LogP contribution in [-0.4, -0.2) is 57.3 Å². The molecule has 0 amide bonds. The van der Waals surface area contributed by atoms with E-state index in [0.717, 1.165) is 63.7 Å². The summed E-state index contributed by atoms with van der Waals surface area (Å²) in [4.78, 5) is 13.4. The van der Waals surface area contributed by atoms with Crippen molar-refractivity contribution in [1.82, 2.24) is 25.1 Å². The van der Waals surface area contributed by atoms with Crippen molar-refractivity contribution in [1.29, 1.82) is 0 Å². The number of piperidine rings is 2. The molecule has 6 aromatic rings. The molecule has 0 spiro atoms. The molecule has 0 radical (unpaired) electrons. The van der Waals surface area contributed by atoms with Crippen molar-refractivity contribution in [3.8, 4) is 23.0 Å². The lowest BCUT2D eigenvalue weighted by molar-refractivity contribution is -0.00222. The van der Waals surface area contributed by atoms with Gasteiger partial charge in [-0.1, -0.05) is 60.7 Å². The second kappa shape index (κ2) is 12.9. The number of benzene rings is 4. The van der Waals surface area contributed by atoms with Crippen LogP contribution in [-0.2, 0) is 13.2 Å². The van der Waals surface area contributed by atoms with E-state index < -0.39 is 0 Å². The van der Waals surface area contributed by atoms with Crippen LogP contribution < -0.4 is 14.4 Å². The van der Waals surface area contributed by atoms with E-state index in [0.29, 0.717) is 24.7 Å². The standard InChI is InChI=1S/C33H31N5O2.C5H9N/c1-4-10-23(11-5-1)21-39-30-19-26-28(20-31(30)40-22-24-12-6-2-7-13-24)36-37-32(26)33-34-27-15-14-25(18-29(27)35-33)38-16-8-3-9-17-38;1-3-6-4-2-5(1)6/h1-2,4-7,10-15,18-20H,3,8-9,16-17,21-22H2,(H,34,35)(H,36,37);5H,1-4H2. The summed E-state index contributed by atoms with van der Waals surface area (Å²) in [7, 11) is 0. The number of aromatic nitrogens is 4. The third-order valence-electron chi connectivity index (χ3n) is 9.53. The molecule has 8 nitrogen and oxygen atoms in total. The number of hydrogen-bond acceptors (Lipinski definition) is 6. The molecule has 234 valence electrons. The summed E-state index contributed by atoms with van der Waals surface area (Å²) in [5.74, 6) is 2.06. The zero-order chi connectivity index (χ0) is 30.7. The van der Waals surface area contributed by atoms with E-state index in [4.69, 9.17) is 14.5 Å². The van der Waals surface area contributed by atoms with E-state index in [1.165, 1.54) is 50.9 Å². The number of H-pyrrole nitrogens is 2. The number of nitrogens with zero attached hydrogens (tertiary/aromatic N) is 4. The number of aromatic amines is 2. The third kappa shape index (κ3) is 6.05. The molecule has 5 heterocycles. The van der Waals surface area contributed by atoms with Crippen molar-refractivity contribution in [2.24, 2.45) is 0 Å². The summed E-state index contributed by atoms with van der Waals surface area (Å²) in [5.41, 5.74) is 6.97. The van der Waals surface area contributed by atoms with E-state index in [9.17, 15) is 0 Å². The van der Waals surface area contributed by atoms with Crippen LogP contribution in [0.25, 0.3) is 33.5 Å². The molecule has 0 aliphatic carbocycles. The molecule has 8 heteroatoms. The Morgan fingerprint density at radius 3 is 1.96 bits per heavy atom. The lowest BCUT2D eigenvalue weighted by Gasteiger charge is -2.50. The van der Waals surface area contributed by atoms with Crippen molar-refractivity contribution in [3.63, 3.8) is 0 Å². The number of hydrogen-bond donors (Lipinski definition) is 2. The Labute approximate surface area is 269 Å². The summed E-state index contributed by atoms with van der Waals surface area (Å²) in [5, 5.41) is 8.75. The van der Waals surface area contributed by atoms with Crippen LogP contribution in [0.5, 0.6) is 11.5 Å². The fourth-order valence-corrected chi connectivity index (χ4v) is 6.60. The maximum atomic E-state index is 6.32. The van der Waals surface area contributed by atoms with Gasteiger partial charge in [0, 0.05) is 36.3 Å². The van der Waals surface area contributed by atoms with Crippen LogP contribution >= 0.6 is 0 Å². The second-order valence-electron chi connectivity index (χ2n) is 12.6. The van der Waals surface area contributed by atoms with Gasteiger partial charge in [0.1, 0.15) is 18.9 Å². The molecular formula is C38H40N6O2. The number of rotatable bonds is 8. The van der Waals surface area contributed by atoms with Crippen LogP contribution in [0.4, 0.5) is 5.69 Å². The molecule has 0 bridgehead atoms. The summed E-state index contributed by atoms with van der Waals surface area (Å²) < 4.78 is 12.6. The Bertz CT molecular complexity index is 1890. The van der Waals surface area contributed by atoms with Gasteiger partial charge in [-0.15, -0.1) is 0 Å². The van der Waals surface area contributed by atoms with Crippen molar-refractivity contribution < 1.29 is 9.47 Å². The minimum absolute atomic E-state index is 0.436. The number of ether oxygens (including phenoxy) is 2. The number of anilines is 1. The topological polar surface area (TPSA) is 82.3 Å². The molecule has 0 unspecified atom stereocenters. The van der Waals surface area contributed by atoms with E-state index >= 15 is 0 Å². The molecule has 3 aliphatic heterocycles. The highest BCUT2D eigenvalue weighted by atomic mass is 16.5. The first-order chi connectivity index (χ1) is 22.8. The molecule has 9 rings (SSSR count). The average Bonchev–Trinajstić information content (AvgIpc) is 3.72. The van der Waals surface area contributed by atoms with Gasteiger partial charge >= 0.3 is 0 Å². The first kappa shape index (κ1) is 28.6. The monoisotopic (exact) mass is 612 g/mol. The maximum Gasteiger partial charge on any atom is 0.163 e. The summed E-state index contributed by atoms with van der Waals surface area (Å²) in [6.07, 6.45) is 6.78. The van der Waals surface area contributed by atoms with Gasteiger partial charge in [-0.3, -0.25) is 5.10 Å². The van der Waals surface area contributed by atoms with E-state index in [1.807, 2.05) is 48.5 Å². The fraction of sp³-hybridized carbons (Fsp3) is 0.316. The van der Waals surface area contributed by atoms with Gasteiger partial charge in [-0.25, -0.2) is 4.98 Å². The first-order valence-corrected chi connectivity index (χ1v) is 16.6. The lowest BCUT2D eigenvalue weighted by Crippen LogP contribution is -2.57. The van der Waals surface area contributed by atoms with Gasteiger partial charge in [0.2, 0.25) is 0 Å². The van der Waals surface area contributed by atoms with Crippen LogP contribution in [0, 0.1) is 0 Å². The highest BCUT2D eigenvalue weighted by Crippen LogP contribution is 2.37. The predicted octanol–water partition coefficient (Wildman–Crippen LogP) is 7.72. The highest BCUT2D eigenvalue weighted by Gasteiger charge is 2.34. The van der Waals surface area contributed by atoms with Gasteiger partial charge < -0.3 is 24.3 Å². The first-order valence-electron chi connectivity index (χ1n) is 16.6.